The minimum atomic E-state index is -0.207. The first-order chi connectivity index (χ1) is 7.67. The Bertz CT molecular complexity index is 355. The molecule has 0 saturated heterocycles. The van der Waals surface area contributed by atoms with E-state index >= 15 is 0 Å². The summed E-state index contributed by atoms with van der Waals surface area (Å²) in [7, 11) is 1.81. The van der Waals surface area contributed by atoms with Crippen LogP contribution >= 0.6 is 11.6 Å². The van der Waals surface area contributed by atoms with E-state index in [0.717, 1.165) is 5.56 Å². The summed E-state index contributed by atoms with van der Waals surface area (Å²) < 4.78 is 4.91. The third-order valence-electron chi connectivity index (χ3n) is 2.28. The van der Waals surface area contributed by atoms with Gasteiger partial charge in [-0.15, -0.1) is 0 Å². The fourth-order valence-corrected chi connectivity index (χ4v) is 1.70. The van der Waals surface area contributed by atoms with Gasteiger partial charge in [0.25, 0.3) is 0 Å². The van der Waals surface area contributed by atoms with Crippen molar-refractivity contribution in [1.29, 1.82) is 0 Å². The van der Waals surface area contributed by atoms with Crippen molar-refractivity contribution in [3.05, 3.63) is 34.9 Å². The lowest BCUT2D eigenvalue weighted by Crippen LogP contribution is -2.21. The van der Waals surface area contributed by atoms with Crippen LogP contribution in [0.15, 0.2) is 24.3 Å². The number of ether oxygens (including phenoxy) is 1. The zero-order valence-electron chi connectivity index (χ0n) is 9.50. The Kier molecular flexibility index (Phi) is 5.29. The molecule has 0 radical (unpaired) electrons. The van der Waals surface area contributed by atoms with Crippen LogP contribution in [0.2, 0.25) is 5.02 Å². The summed E-state index contributed by atoms with van der Waals surface area (Å²) in [6.45, 7) is 2.20. The van der Waals surface area contributed by atoms with Gasteiger partial charge in [0.2, 0.25) is 0 Å². The van der Waals surface area contributed by atoms with Crippen LogP contribution in [0.5, 0.6) is 0 Å². The highest BCUT2D eigenvalue weighted by atomic mass is 35.5. The largest absolute Gasteiger partial charge is 0.466 e. The Morgan fingerprint density at radius 2 is 2.31 bits per heavy atom. The van der Waals surface area contributed by atoms with Crippen molar-refractivity contribution in [2.24, 2.45) is 0 Å². The zero-order chi connectivity index (χ0) is 12.0. The van der Waals surface area contributed by atoms with Crippen molar-refractivity contribution < 1.29 is 9.53 Å². The van der Waals surface area contributed by atoms with Crippen LogP contribution < -0.4 is 5.32 Å². The normalized spacial score (nSPS) is 12.2. The predicted molar refractivity (Wildman–Crippen MR) is 64.5 cm³/mol. The number of carbonyl (C=O) groups excluding carboxylic acids is 1. The Hall–Kier alpha value is -1.06. The number of hydrogen-bond donors (Lipinski definition) is 1. The maximum atomic E-state index is 11.4. The first kappa shape index (κ1) is 13.0. The molecule has 0 fully saturated rings. The topological polar surface area (TPSA) is 38.3 Å². The minimum Gasteiger partial charge on any atom is -0.466 e. The predicted octanol–water partition coefficient (Wildman–Crippen LogP) is 2.55. The quantitative estimate of drug-likeness (QED) is 0.806. The number of carbonyl (C=O) groups is 1. The van der Waals surface area contributed by atoms with Crippen molar-refractivity contribution in [3.63, 3.8) is 0 Å². The second-order valence-electron chi connectivity index (χ2n) is 3.41. The highest BCUT2D eigenvalue weighted by Crippen LogP contribution is 2.20. The Morgan fingerprint density at radius 3 is 2.88 bits per heavy atom. The lowest BCUT2D eigenvalue weighted by Gasteiger charge is -2.15. The molecule has 0 spiro atoms. The first-order valence-corrected chi connectivity index (χ1v) is 5.63. The molecule has 1 unspecified atom stereocenters. The number of nitrogens with one attached hydrogen (secondary N) is 1. The maximum Gasteiger partial charge on any atom is 0.307 e. The Balaban J connectivity index is 2.70. The fraction of sp³-hybridized carbons (Fsp3) is 0.417. The van der Waals surface area contributed by atoms with E-state index in [1.165, 1.54) is 0 Å². The van der Waals surface area contributed by atoms with Crippen molar-refractivity contribution in [3.8, 4) is 0 Å². The van der Waals surface area contributed by atoms with Crippen LogP contribution in [0.25, 0.3) is 0 Å². The van der Waals surface area contributed by atoms with Gasteiger partial charge in [-0.2, -0.15) is 0 Å². The van der Waals surface area contributed by atoms with Crippen LogP contribution in [-0.4, -0.2) is 19.6 Å². The third kappa shape index (κ3) is 3.83. The van der Waals surface area contributed by atoms with E-state index in [1.807, 2.05) is 31.3 Å². The van der Waals surface area contributed by atoms with Crippen molar-refractivity contribution in [1.82, 2.24) is 5.32 Å². The summed E-state index contributed by atoms with van der Waals surface area (Å²) >= 11 is 5.90. The Morgan fingerprint density at radius 1 is 1.56 bits per heavy atom. The molecule has 0 aromatic heterocycles. The molecule has 1 aromatic carbocycles. The molecule has 0 aliphatic rings. The van der Waals surface area contributed by atoms with Crippen LogP contribution in [0.1, 0.15) is 24.9 Å². The molecular weight excluding hydrogens is 226 g/mol. The Labute approximate surface area is 101 Å². The second kappa shape index (κ2) is 6.51. The molecule has 0 bridgehead atoms. The summed E-state index contributed by atoms with van der Waals surface area (Å²) in [5, 5.41) is 3.74. The molecule has 0 aliphatic carbocycles. The molecule has 16 heavy (non-hydrogen) atoms. The number of benzene rings is 1. The van der Waals surface area contributed by atoms with Crippen molar-refractivity contribution in [2.75, 3.05) is 13.7 Å². The minimum absolute atomic E-state index is 0.0576. The highest BCUT2D eigenvalue weighted by molar-refractivity contribution is 6.30. The molecule has 0 heterocycles. The summed E-state index contributed by atoms with van der Waals surface area (Å²) in [5.74, 6) is -0.207. The number of halogens is 1. The molecule has 88 valence electrons. The van der Waals surface area contributed by atoms with E-state index in [2.05, 4.69) is 5.32 Å². The fourth-order valence-electron chi connectivity index (χ4n) is 1.50. The smallest absolute Gasteiger partial charge is 0.307 e. The van der Waals surface area contributed by atoms with Gasteiger partial charge in [0.05, 0.1) is 13.0 Å². The molecule has 1 N–H and O–H groups in total. The standard InChI is InChI=1S/C12H16ClNO2/c1-3-16-12(15)8-11(14-2)9-5-4-6-10(13)7-9/h4-7,11,14H,3,8H2,1-2H3. The lowest BCUT2D eigenvalue weighted by atomic mass is 10.0. The summed E-state index contributed by atoms with van der Waals surface area (Å²) in [6.07, 6.45) is 0.310. The van der Waals surface area contributed by atoms with Crippen molar-refractivity contribution in [2.45, 2.75) is 19.4 Å². The maximum absolute atomic E-state index is 11.4. The number of esters is 1. The summed E-state index contributed by atoms with van der Waals surface area (Å²) in [4.78, 5) is 11.4. The van der Waals surface area contributed by atoms with E-state index in [9.17, 15) is 4.79 Å². The van der Waals surface area contributed by atoms with Gasteiger partial charge < -0.3 is 10.1 Å². The second-order valence-corrected chi connectivity index (χ2v) is 3.84. The lowest BCUT2D eigenvalue weighted by molar-refractivity contribution is -0.143. The van der Waals surface area contributed by atoms with Gasteiger partial charge in [0, 0.05) is 11.1 Å². The van der Waals surface area contributed by atoms with Crippen LogP contribution in [-0.2, 0) is 9.53 Å². The first-order valence-electron chi connectivity index (χ1n) is 5.25. The molecule has 4 heteroatoms. The van der Waals surface area contributed by atoms with E-state index in [0.29, 0.717) is 18.1 Å². The van der Waals surface area contributed by atoms with Gasteiger partial charge >= 0.3 is 5.97 Å². The van der Waals surface area contributed by atoms with Gasteiger partial charge in [-0.25, -0.2) is 0 Å². The van der Waals surface area contributed by atoms with E-state index in [-0.39, 0.29) is 12.0 Å². The average molecular weight is 242 g/mol. The highest BCUT2D eigenvalue weighted by Gasteiger charge is 2.14. The molecular formula is C12H16ClNO2. The molecule has 0 saturated carbocycles. The summed E-state index contributed by atoms with van der Waals surface area (Å²) in [5.41, 5.74) is 0.989. The SMILES string of the molecule is CCOC(=O)CC(NC)c1cccc(Cl)c1. The molecule has 0 amide bonds. The van der Waals surface area contributed by atoms with Gasteiger partial charge in [-0.1, -0.05) is 23.7 Å². The van der Waals surface area contributed by atoms with Gasteiger partial charge in [0.1, 0.15) is 0 Å². The van der Waals surface area contributed by atoms with Gasteiger partial charge in [-0.05, 0) is 31.7 Å². The average Bonchev–Trinajstić information content (AvgIpc) is 2.26. The third-order valence-corrected chi connectivity index (χ3v) is 2.51. The monoisotopic (exact) mass is 241 g/mol. The molecule has 1 rings (SSSR count). The van der Waals surface area contributed by atoms with Crippen LogP contribution in [0.4, 0.5) is 0 Å². The number of rotatable bonds is 5. The van der Waals surface area contributed by atoms with Crippen molar-refractivity contribution >= 4 is 17.6 Å². The molecule has 1 atom stereocenters. The van der Waals surface area contributed by atoms with Gasteiger partial charge in [0.15, 0.2) is 0 Å². The van der Waals surface area contributed by atoms with Gasteiger partial charge in [-0.3, -0.25) is 4.79 Å². The summed E-state index contributed by atoms with van der Waals surface area (Å²) in [6, 6.07) is 7.40. The zero-order valence-corrected chi connectivity index (χ0v) is 10.3. The van der Waals surface area contributed by atoms with E-state index in [1.54, 1.807) is 6.92 Å². The van der Waals surface area contributed by atoms with Crippen LogP contribution in [0, 0.1) is 0 Å². The van der Waals surface area contributed by atoms with Crippen LogP contribution in [0.3, 0.4) is 0 Å². The van der Waals surface area contributed by atoms with E-state index < -0.39 is 0 Å². The number of hydrogen-bond acceptors (Lipinski definition) is 3. The molecule has 3 nitrogen and oxygen atoms in total. The van der Waals surface area contributed by atoms with E-state index in [4.69, 9.17) is 16.3 Å². The molecule has 1 aromatic rings. The molecule has 0 aliphatic heterocycles.